The molecule has 1 aliphatic heterocycles. The highest BCUT2D eigenvalue weighted by Gasteiger charge is 2.28. The third kappa shape index (κ3) is 2.62. The molecule has 1 aliphatic rings. The monoisotopic (exact) mass is 247 g/mol. The Labute approximate surface area is 104 Å². The first-order valence-electron chi connectivity index (χ1n) is 5.59. The summed E-state index contributed by atoms with van der Waals surface area (Å²) in [5.74, 6) is -1.18. The molecule has 2 rings (SSSR count). The minimum atomic E-state index is -0.466. The second kappa shape index (κ2) is 5.10. The van der Waals surface area contributed by atoms with Gasteiger partial charge in [0, 0.05) is 5.56 Å². The second-order valence-electron chi connectivity index (χ2n) is 4.16. The molecule has 0 atom stereocenters. The van der Waals surface area contributed by atoms with Crippen LogP contribution in [0.3, 0.4) is 0 Å². The summed E-state index contributed by atoms with van der Waals surface area (Å²) in [4.78, 5) is 35.9. The van der Waals surface area contributed by atoms with Gasteiger partial charge in [0.2, 0.25) is 0 Å². The van der Waals surface area contributed by atoms with Crippen molar-refractivity contribution in [1.82, 2.24) is 4.90 Å². The van der Waals surface area contributed by atoms with E-state index >= 15 is 0 Å². The van der Waals surface area contributed by atoms with Crippen LogP contribution in [0.4, 0.5) is 0 Å². The molecule has 0 radical (unpaired) electrons. The van der Waals surface area contributed by atoms with Crippen molar-refractivity contribution in [2.75, 3.05) is 19.8 Å². The molecule has 0 aliphatic carbocycles. The Balaban J connectivity index is 2.11. The van der Waals surface area contributed by atoms with Gasteiger partial charge in [0.05, 0.1) is 6.54 Å². The lowest BCUT2D eigenvalue weighted by Gasteiger charge is -2.24. The number of amides is 2. The Kier molecular flexibility index (Phi) is 3.53. The van der Waals surface area contributed by atoms with Gasteiger partial charge in [-0.1, -0.05) is 23.8 Å². The molecule has 0 N–H and O–H groups in total. The van der Waals surface area contributed by atoms with Crippen molar-refractivity contribution < 1.29 is 19.1 Å². The minimum absolute atomic E-state index is 0.146. The predicted molar refractivity (Wildman–Crippen MR) is 63.0 cm³/mol. The highest BCUT2D eigenvalue weighted by molar-refractivity contribution is 6.05. The van der Waals surface area contributed by atoms with Gasteiger partial charge in [-0.2, -0.15) is 0 Å². The molecule has 1 saturated heterocycles. The molecule has 5 heteroatoms. The second-order valence-corrected chi connectivity index (χ2v) is 4.16. The number of rotatable bonds is 3. The smallest absolute Gasteiger partial charge is 0.255 e. The Morgan fingerprint density at radius 2 is 1.94 bits per heavy atom. The Morgan fingerprint density at radius 3 is 2.56 bits per heavy atom. The van der Waals surface area contributed by atoms with Gasteiger partial charge in [0.15, 0.2) is 5.78 Å². The number of benzene rings is 1. The predicted octanol–water partition coefficient (Wildman–Crippen LogP) is 0.563. The molecule has 94 valence electrons. The molecule has 1 heterocycles. The van der Waals surface area contributed by atoms with E-state index in [2.05, 4.69) is 0 Å². The van der Waals surface area contributed by atoms with Crippen molar-refractivity contribution >= 4 is 17.6 Å². The molecule has 1 aromatic carbocycles. The van der Waals surface area contributed by atoms with Gasteiger partial charge in [0.1, 0.15) is 13.2 Å². The molecule has 0 saturated carbocycles. The lowest BCUT2D eigenvalue weighted by molar-refractivity contribution is -0.157. The molecule has 5 nitrogen and oxygen atoms in total. The van der Waals surface area contributed by atoms with E-state index in [-0.39, 0.29) is 25.5 Å². The average molecular weight is 247 g/mol. The number of carbonyl (C=O) groups is 3. The average Bonchev–Trinajstić information content (AvgIpc) is 2.34. The topological polar surface area (TPSA) is 63.7 Å². The van der Waals surface area contributed by atoms with E-state index in [9.17, 15) is 14.4 Å². The van der Waals surface area contributed by atoms with E-state index in [1.165, 1.54) is 0 Å². The zero-order valence-corrected chi connectivity index (χ0v) is 10.0. The molecule has 0 unspecified atom stereocenters. The van der Waals surface area contributed by atoms with Gasteiger partial charge in [-0.15, -0.1) is 0 Å². The van der Waals surface area contributed by atoms with Crippen molar-refractivity contribution in [3.63, 3.8) is 0 Å². The molecule has 2 amide bonds. The fraction of sp³-hybridized carbons (Fsp3) is 0.308. The first kappa shape index (κ1) is 12.4. The van der Waals surface area contributed by atoms with Crippen LogP contribution in [0.5, 0.6) is 0 Å². The first-order chi connectivity index (χ1) is 8.58. The van der Waals surface area contributed by atoms with E-state index < -0.39 is 11.8 Å². The number of carbonyl (C=O) groups excluding carboxylic acids is 3. The van der Waals surface area contributed by atoms with Crippen molar-refractivity contribution in [3.8, 4) is 0 Å². The molecule has 1 fully saturated rings. The van der Waals surface area contributed by atoms with Crippen LogP contribution in [0.25, 0.3) is 0 Å². The van der Waals surface area contributed by atoms with E-state index in [0.29, 0.717) is 5.56 Å². The molecule has 0 spiro atoms. The molecular formula is C13H13NO4. The van der Waals surface area contributed by atoms with E-state index in [1.807, 2.05) is 13.0 Å². The van der Waals surface area contributed by atoms with Gasteiger partial charge in [-0.3, -0.25) is 19.3 Å². The van der Waals surface area contributed by atoms with Crippen molar-refractivity contribution in [2.45, 2.75) is 6.92 Å². The highest BCUT2D eigenvalue weighted by Crippen LogP contribution is 2.08. The minimum Gasteiger partial charge on any atom is -0.362 e. The number of imide groups is 1. The molecule has 18 heavy (non-hydrogen) atoms. The van der Waals surface area contributed by atoms with Crippen LogP contribution in [-0.4, -0.2) is 42.3 Å². The summed E-state index contributed by atoms with van der Waals surface area (Å²) >= 11 is 0. The summed E-state index contributed by atoms with van der Waals surface area (Å²) < 4.78 is 4.78. The number of Topliss-reactive ketones (excluding diaryl/α,β-unsaturated/α-hetero) is 1. The summed E-state index contributed by atoms with van der Waals surface area (Å²) in [6, 6.07) is 7.05. The number of nitrogens with zero attached hydrogens (tertiary/aromatic N) is 1. The number of hydrogen-bond acceptors (Lipinski definition) is 4. The number of hydrogen-bond donors (Lipinski definition) is 0. The van der Waals surface area contributed by atoms with Crippen LogP contribution < -0.4 is 0 Å². The van der Waals surface area contributed by atoms with Crippen molar-refractivity contribution in [1.29, 1.82) is 0 Å². The fourth-order valence-electron chi connectivity index (χ4n) is 1.75. The van der Waals surface area contributed by atoms with E-state index in [0.717, 1.165) is 10.5 Å². The number of ether oxygens (including phenoxy) is 1. The number of ketones is 1. The molecule has 0 aromatic heterocycles. The lowest BCUT2D eigenvalue weighted by Crippen LogP contribution is -2.48. The van der Waals surface area contributed by atoms with Crippen LogP contribution in [0.2, 0.25) is 0 Å². The summed E-state index contributed by atoms with van der Waals surface area (Å²) in [5, 5.41) is 0. The maximum atomic E-state index is 12.0. The van der Waals surface area contributed by atoms with Crippen molar-refractivity contribution in [2.24, 2.45) is 0 Å². The Bertz CT molecular complexity index is 493. The SMILES string of the molecule is Cc1cccc(C(=O)CN2C(=O)COCC2=O)c1. The van der Waals surface area contributed by atoms with Gasteiger partial charge in [0.25, 0.3) is 11.8 Å². The van der Waals surface area contributed by atoms with Gasteiger partial charge in [-0.25, -0.2) is 0 Å². The highest BCUT2D eigenvalue weighted by atomic mass is 16.5. The maximum absolute atomic E-state index is 12.0. The van der Waals surface area contributed by atoms with Crippen LogP contribution in [0.1, 0.15) is 15.9 Å². The van der Waals surface area contributed by atoms with Crippen LogP contribution in [-0.2, 0) is 14.3 Å². The number of aryl methyl sites for hydroxylation is 1. The first-order valence-corrected chi connectivity index (χ1v) is 5.59. The van der Waals surface area contributed by atoms with Crippen molar-refractivity contribution in [3.05, 3.63) is 35.4 Å². The molecule has 0 bridgehead atoms. The van der Waals surface area contributed by atoms with E-state index in [4.69, 9.17) is 4.74 Å². The van der Waals surface area contributed by atoms with Gasteiger partial charge >= 0.3 is 0 Å². The lowest BCUT2D eigenvalue weighted by atomic mass is 10.1. The zero-order valence-electron chi connectivity index (χ0n) is 10.0. The van der Waals surface area contributed by atoms with Gasteiger partial charge < -0.3 is 4.74 Å². The summed E-state index contributed by atoms with van der Waals surface area (Å²) in [6.07, 6.45) is 0. The van der Waals surface area contributed by atoms with Crippen LogP contribution >= 0.6 is 0 Å². The third-order valence-corrected chi connectivity index (χ3v) is 2.69. The Hall–Kier alpha value is -2.01. The van der Waals surface area contributed by atoms with E-state index in [1.54, 1.807) is 18.2 Å². The zero-order chi connectivity index (χ0) is 13.1. The third-order valence-electron chi connectivity index (χ3n) is 2.69. The summed E-state index contributed by atoms with van der Waals surface area (Å²) in [7, 11) is 0. The standard InChI is InChI=1S/C13H13NO4/c1-9-3-2-4-10(5-9)11(15)6-14-12(16)7-18-8-13(14)17/h2-5H,6-8H2,1H3. The molecular weight excluding hydrogens is 234 g/mol. The Morgan fingerprint density at radius 1 is 1.28 bits per heavy atom. The largest absolute Gasteiger partial charge is 0.362 e. The maximum Gasteiger partial charge on any atom is 0.255 e. The van der Waals surface area contributed by atoms with Crippen LogP contribution in [0.15, 0.2) is 24.3 Å². The van der Waals surface area contributed by atoms with Crippen LogP contribution in [0, 0.1) is 6.92 Å². The normalized spacial score (nSPS) is 15.9. The van der Waals surface area contributed by atoms with Gasteiger partial charge in [-0.05, 0) is 13.0 Å². The summed E-state index contributed by atoms with van der Waals surface area (Å²) in [5.41, 5.74) is 1.46. The molecule has 1 aromatic rings. The summed E-state index contributed by atoms with van der Waals surface area (Å²) in [6.45, 7) is 1.37. The quantitative estimate of drug-likeness (QED) is 0.578. The fourth-order valence-corrected chi connectivity index (χ4v) is 1.75. The number of morpholine rings is 1.